The average Bonchev–Trinajstić information content (AvgIpc) is 3.26. The smallest absolute Gasteiger partial charge is 0.305 e. The van der Waals surface area contributed by atoms with Crippen LogP contribution in [0.15, 0.2) is 54.9 Å². The van der Waals surface area contributed by atoms with Gasteiger partial charge in [0.2, 0.25) is 5.88 Å². The fourth-order valence-corrected chi connectivity index (χ4v) is 3.73. The number of rotatable bonds is 10. The van der Waals surface area contributed by atoms with Crippen molar-refractivity contribution in [1.29, 1.82) is 0 Å². The summed E-state index contributed by atoms with van der Waals surface area (Å²) in [5.41, 5.74) is 1.56. The number of benzene rings is 1. The van der Waals surface area contributed by atoms with Crippen molar-refractivity contribution in [2.24, 2.45) is 0 Å². The van der Waals surface area contributed by atoms with Crippen molar-refractivity contribution in [3.63, 3.8) is 0 Å². The molecule has 11 heteroatoms. The molecule has 1 atom stereocenters. The number of fused-ring (bicyclic) bond motifs is 1. The van der Waals surface area contributed by atoms with E-state index in [0.29, 0.717) is 29.9 Å². The molecule has 1 aromatic carbocycles. The topological polar surface area (TPSA) is 132 Å². The zero-order valence-electron chi connectivity index (χ0n) is 18.9. The molecule has 2 N–H and O–H groups in total. The Balaban J connectivity index is 1.49. The van der Waals surface area contributed by atoms with Crippen molar-refractivity contribution >= 4 is 34.2 Å². The Hall–Kier alpha value is -4.05. The number of nitrogens with one attached hydrogen (secondary N) is 1. The molecule has 0 saturated carbocycles. The third kappa shape index (κ3) is 6.30. The maximum absolute atomic E-state index is 13.0. The third-order valence-electron chi connectivity index (χ3n) is 5.15. The summed E-state index contributed by atoms with van der Waals surface area (Å²) in [5, 5.41) is 22.3. The van der Waals surface area contributed by atoms with Crippen LogP contribution in [0, 0.1) is 0 Å². The highest BCUT2D eigenvalue weighted by molar-refractivity contribution is 6.29. The second-order valence-electron chi connectivity index (χ2n) is 7.84. The molecule has 0 saturated heterocycles. The van der Waals surface area contributed by atoms with Crippen LogP contribution in [0.25, 0.3) is 10.8 Å². The van der Waals surface area contributed by atoms with Crippen LogP contribution < -0.4 is 10.1 Å². The van der Waals surface area contributed by atoms with E-state index in [1.807, 2.05) is 37.3 Å². The minimum atomic E-state index is -1.04. The number of carboxylic acid groups (broad SMARTS) is 1. The summed E-state index contributed by atoms with van der Waals surface area (Å²) < 4.78 is 7.23. The first-order chi connectivity index (χ1) is 16.9. The molecule has 180 valence electrons. The predicted molar refractivity (Wildman–Crippen MR) is 128 cm³/mol. The number of hydrogen-bond donors (Lipinski definition) is 2. The lowest BCUT2D eigenvalue weighted by Crippen LogP contribution is -2.38. The Morgan fingerprint density at radius 2 is 2.06 bits per heavy atom. The van der Waals surface area contributed by atoms with Gasteiger partial charge in [0.25, 0.3) is 5.91 Å². The van der Waals surface area contributed by atoms with Crippen LogP contribution in [0.2, 0.25) is 5.15 Å². The molecule has 10 nitrogen and oxygen atoms in total. The van der Waals surface area contributed by atoms with E-state index in [1.165, 1.54) is 0 Å². The molecule has 1 amide bonds. The molecule has 0 bridgehead atoms. The third-order valence-corrected chi connectivity index (χ3v) is 5.37. The summed E-state index contributed by atoms with van der Waals surface area (Å²) in [6, 6.07) is 11.9. The van der Waals surface area contributed by atoms with Gasteiger partial charge in [-0.15, -0.1) is 5.10 Å². The number of aromatic nitrogens is 5. The van der Waals surface area contributed by atoms with Gasteiger partial charge < -0.3 is 15.2 Å². The number of hydrogen-bond acceptors (Lipinski definition) is 7. The monoisotopic (exact) mass is 494 g/mol. The molecule has 3 heterocycles. The van der Waals surface area contributed by atoms with Crippen LogP contribution in [0.4, 0.5) is 0 Å². The number of halogens is 1. The maximum atomic E-state index is 13.0. The lowest BCUT2D eigenvalue weighted by atomic mass is 10.1. The lowest BCUT2D eigenvalue weighted by Gasteiger charge is -2.16. The van der Waals surface area contributed by atoms with E-state index in [2.05, 4.69) is 25.6 Å². The summed E-state index contributed by atoms with van der Waals surface area (Å²) in [6.45, 7) is 2.66. The molecule has 35 heavy (non-hydrogen) atoms. The summed E-state index contributed by atoms with van der Waals surface area (Å²) >= 11 is 5.82. The van der Waals surface area contributed by atoms with Gasteiger partial charge in [-0.25, -0.2) is 14.6 Å². The Bertz CT molecular complexity index is 1340. The number of ether oxygens (including phenoxy) is 1. The number of amides is 1. The van der Waals surface area contributed by atoms with Crippen molar-refractivity contribution < 1.29 is 19.4 Å². The second-order valence-corrected chi connectivity index (χ2v) is 8.22. The van der Waals surface area contributed by atoms with Crippen LogP contribution in [-0.2, 0) is 17.8 Å². The largest absolute Gasteiger partial charge is 0.481 e. The average molecular weight is 495 g/mol. The number of nitrogens with zero attached hydrogens (tertiary/aromatic N) is 5. The molecule has 0 aliphatic heterocycles. The highest BCUT2D eigenvalue weighted by atomic mass is 35.5. The molecule has 3 aromatic heterocycles. The van der Waals surface area contributed by atoms with Gasteiger partial charge in [0.05, 0.1) is 25.3 Å². The lowest BCUT2D eigenvalue weighted by molar-refractivity contribution is -0.137. The van der Waals surface area contributed by atoms with Gasteiger partial charge >= 0.3 is 5.97 Å². The number of carboxylic acids is 1. The number of carbonyl (C=O) groups is 2. The van der Waals surface area contributed by atoms with E-state index in [-0.39, 0.29) is 18.5 Å². The van der Waals surface area contributed by atoms with Gasteiger partial charge in [-0.1, -0.05) is 41.1 Å². The first kappa shape index (κ1) is 24.1. The predicted octanol–water partition coefficient (Wildman–Crippen LogP) is 3.14. The van der Waals surface area contributed by atoms with Gasteiger partial charge in [-0.05, 0) is 36.1 Å². The van der Waals surface area contributed by atoms with Crippen LogP contribution in [0.5, 0.6) is 5.88 Å². The summed E-state index contributed by atoms with van der Waals surface area (Å²) in [7, 11) is 0. The van der Waals surface area contributed by atoms with Gasteiger partial charge in [-0.2, -0.15) is 0 Å². The Labute approximate surface area is 205 Å². The molecular formula is C24H23ClN6O4. The minimum Gasteiger partial charge on any atom is -0.481 e. The molecule has 0 spiro atoms. The van der Waals surface area contributed by atoms with E-state index >= 15 is 0 Å². The first-order valence-corrected chi connectivity index (χ1v) is 11.3. The number of carbonyl (C=O) groups excluding carboxylic acids is 1. The maximum Gasteiger partial charge on any atom is 0.305 e. The van der Waals surface area contributed by atoms with Crippen LogP contribution >= 0.6 is 11.6 Å². The van der Waals surface area contributed by atoms with Crippen molar-refractivity contribution in [1.82, 2.24) is 30.3 Å². The number of aliphatic carboxylic acids is 1. The quantitative estimate of drug-likeness (QED) is 0.321. The minimum absolute atomic E-state index is 0.140. The first-order valence-electron chi connectivity index (χ1n) is 11.0. The summed E-state index contributed by atoms with van der Waals surface area (Å²) in [6.07, 6.45) is 3.25. The Morgan fingerprint density at radius 1 is 1.23 bits per heavy atom. The van der Waals surface area contributed by atoms with Gasteiger partial charge in [0, 0.05) is 30.2 Å². The van der Waals surface area contributed by atoms with Crippen molar-refractivity contribution in [2.45, 2.75) is 32.4 Å². The van der Waals surface area contributed by atoms with Gasteiger partial charge in [-0.3, -0.25) is 9.59 Å². The van der Waals surface area contributed by atoms with Crippen molar-refractivity contribution in [3.8, 4) is 5.88 Å². The Morgan fingerprint density at radius 3 is 2.80 bits per heavy atom. The SMILES string of the molecule is CCOc1nc(C(=O)NC(CC(=O)O)Cc2cn(Cc3ccc(Cl)nc3)nn2)cc2ccccc12. The molecule has 0 fully saturated rings. The van der Waals surface area contributed by atoms with E-state index in [1.54, 1.807) is 29.2 Å². The molecule has 0 radical (unpaired) electrons. The molecule has 4 rings (SSSR count). The van der Waals surface area contributed by atoms with Crippen LogP contribution in [-0.4, -0.2) is 54.6 Å². The van der Waals surface area contributed by atoms with E-state index in [0.717, 1.165) is 16.3 Å². The highest BCUT2D eigenvalue weighted by Crippen LogP contribution is 2.24. The molecule has 4 aromatic rings. The summed E-state index contributed by atoms with van der Waals surface area (Å²) in [5.74, 6) is -1.19. The highest BCUT2D eigenvalue weighted by Gasteiger charge is 2.21. The Kier molecular flexibility index (Phi) is 7.51. The van der Waals surface area contributed by atoms with Crippen molar-refractivity contribution in [3.05, 3.63) is 77.0 Å². The van der Waals surface area contributed by atoms with Crippen LogP contribution in [0.3, 0.4) is 0 Å². The van der Waals surface area contributed by atoms with Crippen molar-refractivity contribution in [2.75, 3.05) is 6.61 Å². The fourth-order valence-electron chi connectivity index (χ4n) is 3.62. The standard InChI is InChI=1S/C24H23ClN6O4/c1-2-35-24-19-6-4-3-5-16(19)9-20(28-24)23(34)27-17(11-22(32)33)10-18-14-31(30-29-18)13-15-7-8-21(25)26-12-15/h3-9,12,14,17H,2,10-11,13H2,1H3,(H,27,34)(H,32,33). The molecule has 0 aliphatic rings. The second kappa shape index (κ2) is 10.9. The summed E-state index contributed by atoms with van der Waals surface area (Å²) in [4.78, 5) is 32.9. The molecule has 1 unspecified atom stereocenters. The van der Waals surface area contributed by atoms with E-state index < -0.39 is 17.9 Å². The molecule has 0 aliphatic carbocycles. The number of pyridine rings is 2. The fraction of sp³-hybridized carbons (Fsp3) is 0.250. The van der Waals surface area contributed by atoms with E-state index in [9.17, 15) is 14.7 Å². The zero-order chi connectivity index (χ0) is 24.8. The van der Waals surface area contributed by atoms with E-state index in [4.69, 9.17) is 16.3 Å². The van der Waals surface area contributed by atoms with Gasteiger partial charge in [0.1, 0.15) is 10.8 Å². The molecular weight excluding hydrogens is 472 g/mol. The van der Waals surface area contributed by atoms with Crippen LogP contribution in [0.1, 0.15) is 35.1 Å². The normalized spacial score (nSPS) is 11.8. The zero-order valence-corrected chi connectivity index (χ0v) is 19.6. The van der Waals surface area contributed by atoms with Gasteiger partial charge in [0.15, 0.2) is 0 Å².